The highest BCUT2D eigenvalue weighted by Crippen LogP contribution is 2.24. The second kappa shape index (κ2) is 9.39. The maximum absolute atomic E-state index is 3.42. The summed E-state index contributed by atoms with van der Waals surface area (Å²) in [6.07, 6.45) is 10.8. The van der Waals surface area contributed by atoms with Gasteiger partial charge in [0, 0.05) is 0 Å². The normalized spacial score (nSPS) is 10.7. The highest BCUT2D eigenvalue weighted by molar-refractivity contribution is 5.66. The fraction of sp³-hybridized carbons (Fsp3) is 0.429. The Labute approximate surface area is 130 Å². The molecule has 0 aliphatic carbocycles. The summed E-state index contributed by atoms with van der Waals surface area (Å²) in [6, 6.07) is 20.5. The first-order chi connectivity index (χ1) is 10.4. The van der Waals surface area contributed by atoms with E-state index in [9.17, 15) is 0 Å². The average molecular weight is 279 g/mol. The minimum atomic E-state index is 1.18. The Balaban J connectivity index is 1.84. The van der Waals surface area contributed by atoms with Gasteiger partial charge < -0.3 is 0 Å². The number of hydrogen-bond donors (Lipinski definition) is 0. The smallest absolute Gasteiger partial charge is 0.00731 e. The molecule has 2 rings (SSSR count). The van der Waals surface area contributed by atoms with Gasteiger partial charge in [0.25, 0.3) is 0 Å². The molecule has 0 nitrogen and oxygen atoms in total. The molecule has 0 atom stereocenters. The Morgan fingerprint density at radius 2 is 1.48 bits per heavy atom. The van der Waals surface area contributed by atoms with Crippen LogP contribution in [0.3, 0.4) is 0 Å². The number of unbranched alkanes of at least 4 members (excludes halogenated alkanes) is 6. The molecule has 0 fully saturated rings. The van der Waals surface area contributed by atoms with E-state index < -0.39 is 0 Å². The van der Waals surface area contributed by atoms with Gasteiger partial charge in [-0.2, -0.15) is 0 Å². The highest BCUT2D eigenvalue weighted by atomic mass is 14.1. The molecule has 1 radical (unpaired) electrons. The van der Waals surface area contributed by atoms with Crippen LogP contribution in [0.4, 0.5) is 0 Å². The van der Waals surface area contributed by atoms with Crippen molar-refractivity contribution in [3.05, 3.63) is 60.2 Å². The maximum Gasteiger partial charge on any atom is -0.00731 e. The third-order valence-corrected chi connectivity index (χ3v) is 4.05. The highest BCUT2D eigenvalue weighted by Gasteiger charge is 2.04. The van der Waals surface area contributed by atoms with E-state index in [-0.39, 0.29) is 0 Å². The fourth-order valence-electron chi connectivity index (χ4n) is 2.83. The molecule has 21 heavy (non-hydrogen) atoms. The molecule has 0 aliphatic heterocycles. The van der Waals surface area contributed by atoms with Crippen LogP contribution >= 0.6 is 0 Å². The second-order valence-electron chi connectivity index (χ2n) is 5.81. The molecule has 0 heterocycles. The van der Waals surface area contributed by atoms with Crippen molar-refractivity contribution in [2.45, 2.75) is 58.3 Å². The van der Waals surface area contributed by atoms with Gasteiger partial charge in [-0.3, -0.25) is 0 Å². The molecule has 0 saturated heterocycles. The first-order valence-electron chi connectivity index (χ1n) is 8.47. The van der Waals surface area contributed by atoms with Crippen LogP contribution in [-0.2, 0) is 6.42 Å². The van der Waals surface area contributed by atoms with E-state index >= 15 is 0 Å². The van der Waals surface area contributed by atoms with Crippen molar-refractivity contribution >= 4 is 0 Å². The largest absolute Gasteiger partial charge is 0.0654 e. The predicted octanol–water partition coefficient (Wildman–Crippen LogP) is 6.45. The SMILES string of the molecule is CCCCCCCCCc1ccc[c]c1-c1ccccc1. The standard InChI is InChI=1S/C21H27/c1-2-3-4-5-6-7-9-14-20-17-12-13-18-21(20)19-15-10-8-11-16-19/h8,10-13,15-17H,2-7,9,14H2,1H3. The quantitative estimate of drug-likeness (QED) is 0.463. The van der Waals surface area contributed by atoms with Crippen molar-refractivity contribution in [3.8, 4) is 11.1 Å². The second-order valence-corrected chi connectivity index (χ2v) is 5.81. The van der Waals surface area contributed by atoms with Crippen LogP contribution in [0.25, 0.3) is 11.1 Å². The Morgan fingerprint density at radius 1 is 0.762 bits per heavy atom. The van der Waals surface area contributed by atoms with Crippen LogP contribution in [0.15, 0.2) is 48.5 Å². The Bertz CT molecular complexity index is 498. The van der Waals surface area contributed by atoms with Crippen LogP contribution < -0.4 is 0 Å². The van der Waals surface area contributed by atoms with Crippen molar-refractivity contribution in [2.24, 2.45) is 0 Å². The predicted molar refractivity (Wildman–Crippen MR) is 92.4 cm³/mol. The van der Waals surface area contributed by atoms with Crippen molar-refractivity contribution in [3.63, 3.8) is 0 Å². The van der Waals surface area contributed by atoms with Crippen LogP contribution in [0.2, 0.25) is 0 Å². The lowest BCUT2D eigenvalue weighted by atomic mass is 9.95. The Hall–Kier alpha value is -1.56. The number of hydrogen-bond acceptors (Lipinski definition) is 0. The van der Waals surface area contributed by atoms with Gasteiger partial charge in [-0.15, -0.1) is 0 Å². The van der Waals surface area contributed by atoms with Gasteiger partial charge in [-0.05, 0) is 35.6 Å². The summed E-state index contributed by atoms with van der Waals surface area (Å²) < 4.78 is 0. The van der Waals surface area contributed by atoms with Crippen LogP contribution in [-0.4, -0.2) is 0 Å². The zero-order valence-corrected chi connectivity index (χ0v) is 13.3. The molecular formula is C21H27. The number of benzene rings is 2. The van der Waals surface area contributed by atoms with E-state index in [1.54, 1.807) is 0 Å². The molecule has 0 amide bonds. The number of aryl methyl sites for hydroxylation is 1. The third-order valence-electron chi connectivity index (χ3n) is 4.05. The summed E-state index contributed by atoms with van der Waals surface area (Å²) in [4.78, 5) is 0. The molecule has 0 heteroatoms. The lowest BCUT2D eigenvalue weighted by molar-refractivity contribution is 0.589. The van der Waals surface area contributed by atoms with Crippen LogP contribution in [0, 0.1) is 6.07 Å². The Morgan fingerprint density at radius 3 is 2.24 bits per heavy atom. The van der Waals surface area contributed by atoms with Gasteiger partial charge in [-0.1, -0.05) is 94.0 Å². The van der Waals surface area contributed by atoms with Crippen molar-refractivity contribution < 1.29 is 0 Å². The van der Waals surface area contributed by atoms with E-state index in [1.807, 2.05) is 6.07 Å². The molecule has 0 aromatic heterocycles. The maximum atomic E-state index is 3.42. The van der Waals surface area contributed by atoms with Crippen LogP contribution in [0.1, 0.15) is 57.4 Å². The summed E-state index contributed by atoms with van der Waals surface area (Å²) in [7, 11) is 0. The molecule has 111 valence electrons. The average Bonchev–Trinajstić information content (AvgIpc) is 2.55. The minimum Gasteiger partial charge on any atom is -0.0654 e. The first-order valence-corrected chi connectivity index (χ1v) is 8.47. The lowest BCUT2D eigenvalue weighted by Gasteiger charge is -2.09. The van der Waals surface area contributed by atoms with E-state index in [0.29, 0.717) is 0 Å². The monoisotopic (exact) mass is 279 g/mol. The molecule has 0 saturated carbocycles. The van der Waals surface area contributed by atoms with Gasteiger partial charge in [0.1, 0.15) is 0 Å². The first kappa shape index (κ1) is 15.8. The summed E-state index contributed by atoms with van der Waals surface area (Å²) in [5.74, 6) is 0. The van der Waals surface area contributed by atoms with E-state index in [4.69, 9.17) is 0 Å². The van der Waals surface area contributed by atoms with E-state index in [0.717, 1.165) is 0 Å². The lowest BCUT2D eigenvalue weighted by Crippen LogP contribution is -1.91. The summed E-state index contributed by atoms with van der Waals surface area (Å²) in [5.41, 5.74) is 4.01. The van der Waals surface area contributed by atoms with Gasteiger partial charge >= 0.3 is 0 Å². The van der Waals surface area contributed by atoms with Gasteiger partial charge in [-0.25, -0.2) is 0 Å². The van der Waals surface area contributed by atoms with Crippen molar-refractivity contribution in [1.29, 1.82) is 0 Å². The molecule has 0 N–H and O–H groups in total. The minimum absolute atomic E-state index is 1.18. The number of rotatable bonds is 9. The van der Waals surface area contributed by atoms with Crippen molar-refractivity contribution in [2.75, 3.05) is 0 Å². The van der Waals surface area contributed by atoms with E-state index in [2.05, 4.69) is 55.5 Å². The summed E-state index contributed by atoms with van der Waals surface area (Å²) >= 11 is 0. The zero-order valence-electron chi connectivity index (χ0n) is 13.3. The third kappa shape index (κ3) is 5.38. The van der Waals surface area contributed by atoms with Gasteiger partial charge in [0.2, 0.25) is 0 Å². The summed E-state index contributed by atoms with van der Waals surface area (Å²) in [5, 5.41) is 0. The van der Waals surface area contributed by atoms with Crippen LogP contribution in [0.5, 0.6) is 0 Å². The molecule has 0 bridgehead atoms. The summed E-state index contributed by atoms with van der Waals surface area (Å²) in [6.45, 7) is 2.27. The topological polar surface area (TPSA) is 0 Å². The molecular weight excluding hydrogens is 252 g/mol. The molecule has 2 aromatic carbocycles. The molecule has 2 aromatic rings. The van der Waals surface area contributed by atoms with Gasteiger partial charge in [0.15, 0.2) is 0 Å². The van der Waals surface area contributed by atoms with Crippen molar-refractivity contribution in [1.82, 2.24) is 0 Å². The van der Waals surface area contributed by atoms with Gasteiger partial charge in [0.05, 0.1) is 0 Å². The zero-order chi connectivity index (χ0) is 14.8. The Kier molecular flexibility index (Phi) is 7.07. The van der Waals surface area contributed by atoms with E-state index in [1.165, 1.54) is 68.1 Å². The molecule has 0 unspecified atom stereocenters. The molecule has 0 spiro atoms. The fourth-order valence-corrected chi connectivity index (χ4v) is 2.83. The molecule has 0 aliphatic rings.